The molecule has 2 aromatic heterocycles. The van der Waals surface area contributed by atoms with Gasteiger partial charge < -0.3 is 15.1 Å². The van der Waals surface area contributed by atoms with Crippen LogP contribution in [-0.2, 0) is 9.59 Å². The summed E-state index contributed by atoms with van der Waals surface area (Å²) >= 11 is 0. The highest BCUT2D eigenvalue weighted by atomic mass is 16.2. The first kappa shape index (κ1) is 28.9. The second kappa shape index (κ2) is 11.3. The summed E-state index contributed by atoms with van der Waals surface area (Å²) in [4.78, 5) is 60.9. The van der Waals surface area contributed by atoms with Crippen molar-refractivity contribution in [3.8, 4) is 11.3 Å². The van der Waals surface area contributed by atoms with E-state index in [1.54, 1.807) is 18.2 Å². The Morgan fingerprint density at radius 1 is 0.913 bits per heavy atom. The van der Waals surface area contributed by atoms with Crippen LogP contribution in [0.1, 0.15) is 76.9 Å². The highest BCUT2D eigenvalue weighted by Crippen LogP contribution is 2.46. The van der Waals surface area contributed by atoms with Gasteiger partial charge in [-0.05, 0) is 75.4 Å². The van der Waals surface area contributed by atoms with Crippen molar-refractivity contribution in [3.05, 3.63) is 59.4 Å². The number of hydrogen-bond acceptors (Lipinski definition) is 9. The summed E-state index contributed by atoms with van der Waals surface area (Å²) in [5.41, 5.74) is 4.67. The van der Waals surface area contributed by atoms with Crippen LogP contribution in [0.2, 0.25) is 0 Å². The molecule has 2 N–H and O–H groups in total. The third-order valence-corrected chi connectivity index (χ3v) is 10.2. The summed E-state index contributed by atoms with van der Waals surface area (Å²) in [5, 5.41) is 10.8. The number of imide groups is 2. The second-order valence-corrected chi connectivity index (χ2v) is 13.4. The van der Waals surface area contributed by atoms with Gasteiger partial charge in [-0.25, -0.2) is 4.98 Å². The lowest BCUT2D eigenvalue weighted by molar-refractivity contribution is -0.136. The number of carbonyl (C=O) groups is 4. The van der Waals surface area contributed by atoms with E-state index in [0.717, 1.165) is 73.2 Å². The SMILES string of the molecule is CN1CCN(c2cccc(-c3cn([C@H]4C[C@@H](CNc5ccc6c(c5)C(=O)N(C5CCC(=O)NC5=O)C6=O)C4)nc3C3CC3)n2)CC1. The first-order chi connectivity index (χ1) is 22.3. The predicted molar refractivity (Wildman–Crippen MR) is 171 cm³/mol. The highest BCUT2D eigenvalue weighted by Gasteiger charge is 2.44. The number of benzene rings is 1. The molecular weight excluding hydrogens is 584 g/mol. The number of hydrogen-bond donors (Lipinski definition) is 2. The van der Waals surface area contributed by atoms with Gasteiger partial charge in [0.15, 0.2) is 0 Å². The Labute approximate surface area is 267 Å². The Morgan fingerprint density at radius 2 is 1.70 bits per heavy atom. The van der Waals surface area contributed by atoms with Gasteiger partial charge in [-0.2, -0.15) is 5.10 Å². The average molecular weight is 623 g/mol. The van der Waals surface area contributed by atoms with Gasteiger partial charge in [-0.1, -0.05) is 6.07 Å². The van der Waals surface area contributed by atoms with Gasteiger partial charge in [0, 0.05) is 62.5 Å². The number of piperidine rings is 1. The Morgan fingerprint density at radius 3 is 2.46 bits per heavy atom. The number of aromatic nitrogens is 3. The van der Waals surface area contributed by atoms with Crippen LogP contribution >= 0.6 is 0 Å². The molecule has 2 aliphatic carbocycles. The summed E-state index contributed by atoms with van der Waals surface area (Å²) < 4.78 is 2.16. The molecule has 0 bridgehead atoms. The van der Waals surface area contributed by atoms with Crippen molar-refractivity contribution in [2.24, 2.45) is 5.92 Å². The van der Waals surface area contributed by atoms with E-state index in [4.69, 9.17) is 10.1 Å². The summed E-state index contributed by atoms with van der Waals surface area (Å²) in [7, 11) is 2.16. The van der Waals surface area contributed by atoms with Crippen molar-refractivity contribution in [1.82, 2.24) is 29.9 Å². The fraction of sp³-hybridized carbons (Fsp3) is 0.471. The minimum absolute atomic E-state index is 0.0989. The van der Waals surface area contributed by atoms with E-state index in [9.17, 15) is 19.2 Å². The minimum atomic E-state index is -0.965. The van der Waals surface area contributed by atoms with Crippen molar-refractivity contribution < 1.29 is 19.2 Å². The topological polar surface area (TPSA) is 133 Å². The van der Waals surface area contributed by atoms with Gasteiger partial charge in [0.25, 0.3) is 11.8 Å². The lowest BCUT2D eigenvalue weighted by Gasteiger charge is -2.35. The van der Waals surface area contributed by atoms with E-state index in [0.29, 0.717) is 17.9 Å². The Balaban J connectivity index is 0.906. The van der Waals surface area contributed by atoms with Gasteiger partial charge in [0.1, 0.15) is 11.9 Å². The van der Waals surface area contributed by atoms with Gasteiger partial charge >= 0.3 is 0 Å². The number of pyridine rings is 1. The van der Waals surface area contributed by atoms with Crippen molar-refractivity contribution in [2.45, 2.75) is 56.5 Å². The summed E-state index contributed by atoms with van der Waals surface area (Å²) in [6.07, 6.45) is 6.80. The highest BCUT2D eigenvalue weighted by molar-refractivity contribution is 6.23. The van der Waals surface area contributed by atoms with E-state index in [2.05, 4.69) is 56.6 Å². The maximum atomic E-state index is 13.2. The molecule has 4 amide bonds. The Kier molecular flexibility index (Phi) is 7.12. The molecule has 5 aliphatic rings. The first-order valence-electron chi connectivity index (χ1n) is 16.4. The molecule has 8 rings (SSSR count). The molecule has 46 heavy (non-hydrogen) atoms. The van der Waals surface area contributed by atoms with Crippen LogP contribution in [0.15, 0.2) is 42.6 Å². The molecule has 1 atom stereocenters. The van der Waals surface area contributed by atoms with E-state index in [1.807, 2.05) is 0 Å². The van der Waals surface area contributed by atoms with Crippen molar-refractivity contribution in [1.29, 1.82) is 0 Å². The minimum Gasteiger partial charge on any atom is -0.385 e. The Bertz CT molecular complexity index is 1730. The number of nitrogens with one attached hydrogen (secondary N) is 2. The molecule has 238 valence electrons. The summed E-state index contributed by atoms with van der Waals surface area (Å²) in [5.74, 6) is 0.0281. The molecule has 12 nitrogen and oxygen atoms in total. The lowest BCUT2D eigenvalue weighted by atomic mass is 9.80. The van der Waals surface area contributed by atoms with Crippen LogP contribution in [0, 0.1) is 5.92 Å². The van der Waals surface area contributed by atoms with Gasteiger partial charge in [0.2, 0.25) is 11.8 Å². The number of nitrogens with zero attached hydrogens (tertiary/aromatic N) is 6. The molecule has 0 radical (unpaired) electrons. The number of amides is 4. The third-order valence-electron chi connectivity index (χ3n) is 10.2. The Hall–Kier alpha value is -4.58. The number of likely N-dealkylation sites (N-methyl/N-ethyl adjacent to an activating group) is 1. The lowest BCUT2D eigenvalue weighted by Crippen LogP contribution is -2.54. The van der Waals surface area contributed by atoms with Crippen LogP contribution in [-0.4, -0.2) is 94.0 Å². The van der Waals surface area contributed by atoms with E-state index < -0.39 is 23.8 Å². The molecule has 3 aliphatic heterocycles. The molecule has 2 saturated carbocycles. The fourth-order valence-corrected chi connectivity index (χ4v) is 7.16. The number of anilines is 2. The van der Waals surface area contributed by atoms with E-state index >= 15 is 0 Å². The maximum Gasteiger partial charge on any atom is 0.262 e. The normalized spacial score (nSPS) is 25.0. The van der Waals surface area contributed by atoms with Crippen LogP contribution in [0.25, 0.3) is 11.3 Å². The van der Waals surface area contributed by atoms with Gasteiger partial charge in [-0.15, -0.1) is 0 Å². The van der Waals surface area contributed by atoms with Crippen LogP contribution < -0.4 is 15.5 Å². The van der Waals surface area contributed by atoms with Crippen LogP contribution in [0.5, 0.6) is 0 Å². The summed E-state index contributed by atoms with van der Waals surface area (Å²) in [6.45, 7) is 4.80. The van der Waals surface area contributed by atoms with Crippen molar-refractivity contribution >= 4 is 35.1 Å². The van der Waals surface area contributed by atoms with Crippen molar-refractivity contribution in [3.63, 3.8) is 0 Å². The average Bonchev–Trinajstić information content (AvgIpc) is 3.74. The molecule has 3 aromatic rings. The smallest absolute Gasteiger partial charge is 0.262 e. The monoisotopic (exact) mass is 622 g/mol. The molecule has 12 heteroatoms. The van der Waals surface area contributed by atoms with E-state index in [1.165, 1.54) is 18.5 Å². The molecule has 2 saturated heterocycles. The largest absolute Gasteiger partial charge is 0.385 e. The molecule has 4 fully saturated rings. The van der Waals surface area contributed by atoms with Crippen LogP contribution in [0.4, 0.5) is 11.5 Å². The summed E-state index contributed by atoms with van der Waals surface area (Å²) in [6, 6.07) is 10.9. The number of rotatable bonds is 8. The molecule has 1 aromatic carbocycles. The number of piperazine rings is 1. The third kappa shape index (κ3) is 5.24. The zero-order valence-electron chi connectivity index (χ0n) is 25.9. The molecule has 5 heterocycles. The van der Waals surface area contributed by atoms with E-state index in [-0.39, 0.29) is 29.9 Å². The molecule has 0 spiro atoms. The molecule has 1 unspecified atom stereocenters. The first-order valence-corrected chi connectivity index (χ1v) is 16.4. The predicted octanol–water partition coefficient (Wildman–Crippen LogP) is 3.04. The van der Waals surface area contributed by atoms with Crippen molar-refractivity contribution in [2.75, 3.05) is 50.0 Å². The second-order valence-electron chi connectivity index (χ2n) is 13.4. The zero-order valence-corrected chi connectivity index (χ0v) is 25.9. The standard InChI is InChI=1S/C34H38N8O4/c1-39-11-13-40(14-12-39)29-4-2-3-27(36-29)26-19-41(38-31(26)21-5-6-21)23-15-20(16-23)18-35-22-7-8-24-25(17-22)34(46)42(33(24)45)28-9-10-30(43)37-32(28)44/h2-4,7-8,17,19-21,23,28,35H,5-6,9-16,18H2,1H3,(H,37,43,44)/t20-,23+,28?. The maximum absolute atomic E-state index is 13.2. The number of fused-ring (bicyclic) bond motifs is 1. The quantitative estimate of drug-likeness (QED) is 0.364. The van der Waals surface area contributed by atoms with Gasteiger partial charge in [0.05, 0.1) is 28.6 Å². The van der Waals surface area contributed by atoms with Crippen LogP contribution in [0.3, 0.4) is 0 Å². The zero-order chi connectivity index (χ0) is 31.5. The molecular formula is C34H38N8O4. The fourth-order valence-electron chi connectivity index (χ4n) is 7.16. The number of carbonyl (C=O) groups excluding carboxylic acids is 4. The van der Waals surface area contributed by atoms with Gasteiger partial charge in [-0.3, -0.25) is 34.1 Å².